The molecule has 0 amide bonds. The molecule has 6 heteroatoms. The summed E-state index contributed by atoms with van der Waals surface area (Å²) < 4.78 is 5.09. The number of nitrogens with zero attached hydrogens (tertiary/aromatic N) is 2. The van der Waals surface area contributed by atoms with E-state index in [1.807, 2.05) is 6.92 Å². The van der Waals surface area contributed by atoms with Gasteiger partial charge in [0.2, 0.25) is 0 Å². The highest BCUT2D eigenvalue weighted by Gasteiger charge is 2.15. The third-order valence-electron chi connectivity index (χ3n) is 2.40. The number of nitrogens with one attached hydrogen (secondary N) is 2. The lowest BCUT2D eigenvalue weighted by molar-refractivity contribution is 0.190. The number of hydrazine groups is 1. The van der Waals surface area contributed by atoms with Crippen LogP contribution in [0.1, 0.15) is 32.3 Å². The molecule has 4 N–H and O–H groups in total. The molecule has 1 heterocycles. The van der Waals surface area contributed by atoms with E-state index in [0.29, 0.717) is 12.4 Å². The van der Waals surface area contributed by atoms with E-state index in [2.05, 4.69) is 34.6 Å². The van der Waals surface area contributed by atoms with Gasteiger partial charge in [-0.3, -0.25) is 0 Å². The largest absolute Gasteiger partial charge is 0.383 e. The summed E-state index contributed by atoms with van der Waals surface area (Å²) in [7, 11) is 1.67. The number of methoxy groups -OCH3 is 1. The maximum Gasteiger partial charge on any atom is 0.148 e. The predicted molar refractivity (Wildman–Crippen MR) is 68.9 cm³/mol. The molecule has 0 radical (unpaired) electrons. The summed E-state index contributed by atoms with van der Waals surface area (Å²) in [4.78, 5) is 8.37. The van der Waals surface area contributed by atoms with Gasteiger partial charge in [-0.1, -0.05) is 13.8 Å². The van der Waals surface area contributed by atoms with Crippen molar-refractivity contribution in [3.8, 4) is 0 Å². The van der Waals surface area contributed by atoms with Gasteiger partial charge in [0.15, 0.2) is 0 Å². The molecule has 0 spiro atoms. The zero-order chi connectivity index (χ0) is 12.8. The van der Waals surface area contributed by atoms with Gasteiger partial charge in [-0.2, -0.15) is 0 Å². The van der Waals surface area contributed by atoms with Crippen LogP contribution in [0.2, 0.25) is 0 Å². The second-order valence-corrected chi connectivity index (χ2v) is 4.28. The van der Waals surface area contributed by atoms with E-state index in [0.717, 1.165) is 11.4 Å². The van der Waals surface area contributed by atoms with Gasteiger partial charge < -0.3 is 15.5 Å². The van der Waals surface area contributed by atoms with Crippen molar-refractivity contribution in [2.45, 2.75) is 32.7 Å². The quantitative estimate of drug-likeness (QED) is 0.513. The van der Waals surface area contributed by atoms with Crippen LogP contribution in [0.3, 0.4) is 0 Å². The molecule has 17 heavy (non-hydrogen) atoms. The molecule has 0 aliphatic carbocycles. The highest BCUT2D eigenvalue weighted by molar-refractivity contribution is 5.58. The normalized spacial score (nSPS) is 12.6. The number of hydrogen-bond donors (Lipinski definition) is 3. The van der Waals surface area contributed by atoms with Crippen molar-refractivity contribution in [2.75, 3.05) is 24.5 Å². The average molecular weight is 239 g/mol. The number of ether oxygens (including phenoxy) is 1. The van der Waals surface area contributed by atoms with Crippen molar-refractivity contribution >= 4 is 11.6 Å². The lowest BCUT2D eigenvalue weighted by Gasteiger charge is -2.19. The van der Waals surface area contributed by atoms with Crippen molar-refractivity contribution in [3.63, 3.8) is 0 Å². The van der Waals surface area contributed by atoms with Gasteiger partial charge in [0.1, 0.15) is 18.0 Å². The molecule has 0 aliphatic heterocycles. The van der Waals surface area contributed by atoms with E-state index in [1.165, 1.54) is 6.33 Å². The number of aromatic nitrogens is 2. The number of hydrogen-bond acceptors (Lipinski definition) is 6. The minimum Gasteiger partial charge on any atom is -0.383 e. The van der Waals surface area contributed by atoms with Crippen LogP contribution in [-0.2, 0) is 4.74 Å². The van der Waals surface area contributed by atoms with Crippen LogP contribution < -0.4 is 16.6 Å². The molecule has 0 fully saturated rings. The summed E-state index contributed by atoms with van der Waals surface area (Å²) >= 11 is 0. The van der Waals surface area contributed by atoms with Gasteiger partial charge in [0, 0.05) is 18.7 Å². The van der Waals surface area contributed by atoms with Crippen LogP contribution >= 0.6 is 0 Å². The molecule has 1 unspecified atom stereocenters. The standard InChI is InChI=1S/C11H21N5O/c1-7(2)9-10(15-8(3)5-17-4)13-6-14-11(9)16-12/h6-8H,5,12H2,1-4H3,(H2,13,14,15,16). The van der Waals surface area contributed by atoms with E-state index in [4.69, 9.17) is 10.6 Å². The van der Waals surface area contributed by atoms with E-state index in [-0.39, 0.29) is 12.0 Å². The molecule has 0 saturated carbocycles. The van der Waals surface area contributed by atoms with Crippen molar-refractivity contribution in [2.24, 2.45) is 5.84 Å². The summed E-state index contributed by atoms with van der Waals surface area (Å²) in [5, 5.41) is 3.30. The fraction of sp³-hybridized carbons (Fsp3) is 0.636. The van der Waals surface area contributed by atoms with Crippen molar-refractivity contribution in [3.05, 3.63) is 11.9 Å². The fourth-order valence-electron chi connectivity index (χ4n) is 1.70. The topological polar surface area (TPSA) is 85.1 Å². The third-order valence-corrected chi connectivity index (χ3v) is 2.40. The van der Waals surface area contributed by atoms with Gasteiger partial charge in [-0.15, -0.1) is 0 Å². The highest BCUT2D eigenvalue weighted by Crippen LogP contribution is 2.27. The first kappa shape index (κ1) is 13.7. The molecule has 0 bridgehead atoms. The first-order valence-electron chi connectivity index (χ1n) is 5.67. The maximum atomic E-state index is 5.45. The van der Waals surface area contributed by atoms with Crippen LogP contribution in [0, 0.1) is 0 Å². The monoisotopic (exact) mass is 239 g/mol. The van der Waals surface area contributed by atoms with Gasteiger partial charge in [0.05, 0.1) is 6.61 Å². The van der Waals surface area contributed by atoms with E-state index in [9.17, 15) is 0 Å². The van der Waals surface area contributed by atoms with Crippen molar-refractivity contribution < 1.29 is 4.74 Å². The molecule has 0 aromatic carbocycles. The Kier molecular flexibility index (Phi) is 5.11. The first-order chi connectivity index (χ1) is 8.10. The lowest BCUT2D eigenvalue weighted by Crippen LogP contribution is -2.23. The fourth-order valence-corrected chi connectivity index (χ4v) is 1.70. The predicted octanol–water partition coefficient (Wildman–Crippen LogP) is 1.33. The second-order valence-electron chi connectivity index (χ2n) is 4.28. The molecule has 6 nitrogen and oxygen atoms in total. The summed E-state index contributed by atoms with van der Waals surface area (Å²) in [5.41, 5.74) is 3.58. The number of nitrogen functional groups attached to an aromatic ring is 1. The number of nitrogens with two attached hydrogens (primary N) is 1. The maximum absolute atomic E-state index is 5.45. The Labute approximate surface area is 102 Å². The van der Waals surface area contributed by atoms with Crippen LogP contribution in [0.25, 0.3) is 0 Å². The zero-order valence-electron chi connectivity index (χ0n) is 10.8. The Bertz CT molecular complexity index is 356. The summed E-state index contributed by atoms with van der Waals surface area (Å²) in [5.74, 6) is 7.18. The highest BCUT2D eigenvalue weighted by atomic mass is 16.5. The molecule has 1 aromatic rings. The Hall–Kier alpha value is -1.40. The van der Waals surface area contributed by atoms with Crippen molar-refractivity contribution in [1.82, 2.24) is 9.97 Å². The van der Waals surface area contributed by atoms with Gasteiger partial charge >= 0.3 is 0 Å². The van der Waals surface area contributed by atoms with E-state index >= 15 is 0 Å². The molecule has 1 aromatic heterocycles. The molecule has 1 rings (SSSR count). The minimum absolute atomic E-state index is 0.179. The lowest BCUT2D eigenvalue weighted by atomic mass is 10.0. The number of anilines is 2. The average Bonchev–Trinajstić information content (AvgIpc) is 2.28. The van der Waals surface area contributed by atoms with Crippen LogP contribution in [-0.4, -0.2) is 29.7 Å². The van der Waals surface area contributed by atoms with Gasteiger partial charge in [-0.25, -0.2) is 15.8 Å². The smallest absolute Gasteiger partial charge is 0.148 e. The third kappa shape index (κ3) is 3.54. The van der Waals surface area contributed by atoms with Crippen LogP contribution in [0.5, 0.6) is 0 Å². The second kappa shape index (κ2) is 6.36. The molecule has 0 saturated heterocycles. The van der Waals surface area contributed by atoms with Gasteiger partial charge in [-0.05, 0) is 12.8 Å². The number of rotatable bonds is 6. The molecule has 0 aliphatic rings. The zero-order valence-corrected chi connectivity index (χ0v) is 10.8. The molecule has 1 atom stereocenters. The van der Waals surface area contributed by atoms with Crippen LogP contribution in [0.15, 0.2) is 6.33 Å². The molecular formula is C11H21N5O. The summed E-state index contributed by atoms with van der Waals surface area (Å²) in [6, 6.07) is 0.179. The molecular weight excluding hydrogens is 218 g/mol. The van der Waals surface area contributed by atoms with E-state index in [1.54, 1.807) is 7.11 Å². The van der Waals surface area contributed by atoms with Crippen molar-refractivity contribution in [1.29, 1.82) is 0 Å². The summed E-state index contributed by atoms with van der Waals surface area (Å²) in [6.07, 6.45) is 1.49. The first-order valence-corrected chi connectivity index (χ1v) is 5.67. The Morgan fingerprint density at radius 2 is 1.94 bits per heavy atom. The van der Waals surface area contributed by atoms with Gasteiger partial charge in [0.25, 0.3) is 0 Å². The van der Waals surface area contributed by atoms with E-state index < -0.39 is 0 Å². The Morgan fingerprint density at radius 1 is 1.29 bits per heavy atom. The Balaban J connectivity index is 2.97. The van der Waals surface area contributed by atoms with Crippen LogP contribution in [0.4, 0.5) is 11.6 Å². The summed E-state index contributed by atoms with van der Waals surface area (Å²) in [6.45, 7) is 6.80. The Morgan fingerprint density at radius 3 is 2.47 bits per heavy atom. The minimum atomic E-state index is 0.179. The molecule has 96 valence electrons. The SMILES string of the molecule is COCC(C)Nc1ncnc(NN)c1C(C)C.